The maximum atomic E-state index is 12.4. The topological polar surface area (TPSA) is 63.8 Å². The molecule has 0 amide bonds. The quantitative estimate of drug-likeness (QED) is 0.776. The number of aromatic nitrogens is 2. The van der Waals surface area contributed by atoms with Gasteiger partial charge in [-0.15, -0.1) is 0 Å². The van der Waals surface area contributed by atoms with Crippen molar-refractivity contribution in [1.82, 2.24) is 9.97 Å². The zero-order valence-electron chi connectivity index (χ0n) is 7.80. The van der Waals surface area contributed by atoms with E-state index >= 15 is 0 Å². The molecule has 3 N–H and O–H groups in total. The fraction of sp³-hybridized carbons (Fsp3) is 0.500. The monoisotopic (exact) mass is 202 g/mol. The van der Waals surface area contributed by atoms with Gasteiger partial charge in [-0.1, -0.05) is 0 Å². The Hall–Kier alpha value is -1.46. The number of hydrogen-bond acceptors (Lipinski definition) is 4. The molecule has 1 aromatic rings. The molecule has 0 spiro atoms. The van der Waals surface area contributed by atoms with Crippen molar-refractivity contribution in [3.63, 3.8) is 0 Å². The van der Waals surface area contributed by atoms with Crippen molar-refractivity contribution in [2.24, 2.45) is 0 Å². The first-order chi connectivity index (χ1) is 6.47. The highest BCUT2D eigenvalue weighted by Crippen LogP contribution is 2.16. The number of nitrogen functional groups attached to an aromatic ring is 1. The van der Waals surface area contributed by atoms with Crippen LogP contribution in [0.15, 0.2) is 12.4 Å². The third kappa shape index (κ3) is 3.97. The lowest BCUT2D eigenvalue weighted by Crippen LogP contribution is -2.16. The summed E-state index contributed by atoms with van der Waals surface area (Å²) in [4.78, 5) is 7.61. The number of rotatable bonds is 4. The minimum absolute atomic E-state index is 0.141. The molecule has 6 heteroatoms. The zero-order valence-corrected chi connectivity index (χ0v) is 7.80. The summed E-state index contributed by atoms with van der Waals surface area (Å²) in [6.45, 7) is 1.02. The molecule has 0 bridgehead atoms. The van der Waals surface area contributed by atoms with Gasteiger partial charge in [0.25, 0.3) is 0 Å². The van der Waals surface area contributed by atoms with Crippen LogP contribution in [0.4, 0.5) is 20.4 Å². The number of anilines is 2. The van der Waals surface area contributed by atoms with E-state index in [1.165, 1.54) is 12.4 Å². The molecule has 1 aromatic heterocycles. The highest BCUT2D eigenvalue weighted by Gasteiger charge is 2.19. The van der Waals surface area contributed by atoms with E-state index < -0.39 is 5.92 Å². The van der Waals surface area contributed by atoms with Crippen LogP contribution in [0.25, 0.3) is 0 Å². The van der Waals surface area contributed by atoms with Crippen LogP contribution in [0.2, 0.25) is 0 Å². The van der Waals surface area contributed by atoms with Crippen molar-refractivity contribution in [2.75, 3.05) is 17.6 Å². The van der Waals surface area contributed by atoms with Crippen LogP contribution in [0.1, 0.15) is 13.3 Å². The van der Waals surface area contributed by atoms with Crippen LogP contribution < -0.4 is 11.1 Å². The van der Waals surface area contributed by atoms with E-state index in [1.807, 2.05) is 0 Å². The van der Waals surface area contributed by atoms with Gasteiger partial charge in [0.05, 0.1) is 12.4 Å². The molecular formula is C8H12F2N4. The Balaban J connectivity index is 2.39. The average molecular weight is 202 g/mol. The molecular weight excluding hydrogens is 190 g/mol. The molecule has 1 rings (SSSR count). The van der Waals surface area contributed by atoms with Gasteiger partial charge < -0.3 is 11.1 Å². The predicted molar refractivity (Wildman–Crippen MR) is 50.2 cm³/mol. The summed E-state index contributed by atoms with van der Waals surface area (Å²) in [6, 6.07) is 0. The smallest absolute Gasteiger partial charge is 0.247 e. The molecule has 4 nitrogen and oxygen atoms in total. The van der Waals surface area contributed by atoms with E-state index in [2.05, 4.69) is 15.3 Å². The van der Waals surface area contributed by atoms with E-state index in [-0.39, 0.29) is 18.8 Å². The van der Waals surface area contributed by atoms with Gasteiger partial charge in [-0.25, -0.2) is 13.8 Å². The summed E-state index contributed by atoms with van der Waals surface area (Å²) in [6.07, 6.45) is 2.58. The Kier molecular flexibility index (Phi) is 3.16. The van der Waals surface area contributed by atoms with Crippen LogP contribution in [0.3, 0.4) is 0 Å². The molecule has 0 radical (unpaired) electrons. The molecule has 0 fully saturated rings. The fourth-order valence-corrected chi connectivity index (χ4v) is 0.876. The van der Waals surface area contributed by atoms with Gasteiger partial charge in [-0.2, -0.15) is 0 Å². The Morgan fingerprint density at radius 3 is 2.79 bits per heavy atom. The van der Waals surface area contributed by atoms with Crippen molar-refractivity contribution in [2.45, 2.75) is 19.3 Å². The molecule has 0 aliphatic heterocycles. The van der Waals surface area contributed by atoms with Crippen LogP contribution in [-0.2, 0) is 0 Å². The molecule has 0 unspecified atom stereocenters. The average Bonchev–Trinajstić information content (AvgIpc) is 2.01. The number of nitrogens with two attached hydrogens (primary N) is 1. The van der Waals surface area contributed by atoms with Gasteiger partial charge in [0, 0.05) is 13.0 Å². The second kappa shape index (κ2) is 4.17. The maximum Gasteiger partial charge on any atom is 0.247 e. The zero-order chi connectivity index (χ0) is 10.6. The Labute approximate surface area is 80.6 Å². The first kappa shape index (κ1) is 10.6. The van der Waals surface area contributed by atoms with Gasteiger partial charge >= 0.3 is 0 Å². The van der Waals surface area contributed by atoms with Gasteiger partial charge in [-0.05, 0) is 6.92 Å². The fourth-order valence-electron chi connectivity index (χ4n) is 0.876. The van der Waals surface area contributed by atoms with Crippen molar-refractivity contribution in [1.29, 1.82) is 0 Å². The van der Waals surface area contributed by atoms with Crippen LogP contribution in [-0.4, -0.2) is 22.4 Å². The minimum Gasteiger partial charge on any atom is -0.382 e. The second-order valence-corrected chi connectivity index (χ2v) is 3.08. The van der Waals surface area contributed by atoms with Crippen LogP contribution in [0, 0.1) is 0 Å². The van der Waals surface area contributed by atoms with Gasteiger partial charge in [-0.3, -0.25) is 4.98 Å². The lowest BCUT2D eigenvalue weighted by atomic mass is 10.3. The highest BCUT2D eigenvalue weighted by atomic mass is 19.3. The SMILES string of the molecule is CC(F)(F)CCNc1cncc(N)n1. The number of alkyl halides is 2. The number of nitrogens with zero attached hydrogens (tertiary/aromatic N) is 2. The molecule has 0 atom stereocenters. The van der Waals surface area contributed by atoms with Crippen molar-refractivity contribution in [3.8, 4) is 0 Å². The number of hydrogen-bond donors (Lipinski definition) is 2. The van der Waals surface area contributed by atoms with Gasteiger partial charge in [0.1, 0.15) is 11.6 Å². The molecule has 14 heavy (non-hydrogen) atoms. The van der Waals surface area contributed by atoms with Crippen molar-refractivity contribution < 1.29 is 8.78 Å². The highest BCUT2D eigenvalue weighted by molar-refractivity contribution is 5.38. The van der Waals surface area contributed by atoms with Gasteiger partial charge in [0.2, 0.25) is 5.92 Å². The summed E-state index contributed by atoms with van der Waals surface area (Å²) < 4.78 is 24.8. The predicted octanol–water partition coefficient (Wildman–Crippen LogP) is 1.52. The van der Waals surface area contributed by atoms with Crippen molar-refractivity contribution in [3.05, 3.63) is 12.4 Å². The maximum absolute atomic E-state index is 12.4. The first-order valence-corrected chi connectivity index (χ1v) is 4.16. The normalized spacial score (nSPS) is 11.4. The number of nitrogens with one attached hydrogen (secondary N) is 1. The van der Waals surface area contributed by atoms with Gasteiger partial charge in [0.15, 0.2) is 0 Å². The van der Waals surface area contributed by atoms with Crippen LogP contribution in [0.5, 0.6) is 0 Å². The molecule has 0 saturated heterocycles. The summed E-state index contributed by atoms with van der Waals surface area (Å²) >= 11 is 0. The summed E-state index contributed by atoms with van der Waals surface area (Å²) in [7, 11) is 0. The second-order valence-electron chi connectivity index (χ2n) is 3.08. The molecule has 0 aliphatic rings. The standard InChI is InChI=1S/C8H12F2N4/c1-8(9,10)2-3-13-7-5-12-4-6(11)14-7/h4-5H,2-3H2,1H3,(H3,11,13,14). The first-order valence-electron chi connectivity index (χ1n) is 4.16. The van der Waals surface area contributed by atoms with Crippen molar-refractivity contribution >= 4 is 11.6 Å². The summed E-state index contributed by atoms with van der Waals surface area (Å²) in [5.41, 5.74) is 5.35. The third-order valence-corrected chi connectivity index (χ3v) is 1.52. The van der Waals surface area contributed by atoms with E-state index in [0.717, 1.165) is 6.92 Å². The van der Waals surface area contributed by atoms with Crippen LogP contribution >= 0.6 is 0 Å². The number of halogens is 2. The van der Waals surface area contributed by atoms with E-state index in [4.69, 9.17) is 5.73 Å². The molecule has 0 aliphatic carbocycles. The lowest BCUT2D eigenvalue weighted by Gasteiger charge is -2.10. The molecule has 0 aromatic carbocycles. The molecule has 1 heterocycles. The Morgan fingerprint density at radius 2 is 2.21 bits per heavy atom. The Morgan fingerprint density at radius 1 is 1.50 bits per heavy atom. The molecule has 0 saturated carbocycles. The van der Waals surface area contributed by atoms with E-state index in [9.17, 15) is 8.78 Å². The minimum atomic E-state index is -2.67. The molecule has 78 valence electrons. The van der Waals surface area contributed by atoms with E-state index in [1.54, 1.807) is 0 Å². The van der Waals surface area contributed by atoms with E-state index in [0.29, 0.717) is 5.82 Å². The summed E-state index contributed by atoms with van der Waals surface area (Å²) in [5.74, 6) is -1.99. The Bertz CT molecular complexity index is 298. The lowest BCUT2D eigenvalue weighted by molar-refractivity contribution is 0.0167. The largest absolute Gasteiger partial charge is 0.382 e. The summed E-state index contributed by atoms with van der Waals surface area (Å²) in [5, 5.41) is 2.71. The third-order valence-electron chi connectivity index (χ3n) is 1.52.